The van der Waals surface area contributed by atoms with E-state index in [4.69, 9.17) is 37.4 Å². The van der Waals surface area contributed by atoms with Crippen LogP contribution in [0.15, 0.2) is 60.7 Å². The van der Waals surface area contributed by atoms with Crippen LogP contribution in [0.4, 0.5) is 0 Å². The molecule has 1 aliphatic rings. The first-order chi connectivity index (χ1) is 16.4. The third-order valence-corrected chi connectivity index (χ3v) is 6.04. The Hall–Kier alpha value is -2.22. The van der Waals surface area contributed by atoms with Gasteiger partial charge in [-0.15, -0.1) is 0 Å². The number of ether oxygens (including phenoxy) is 3. The maximum atomic E-state index is 12.5. The SMILES string of the molecule is O=C(CCCOc1ccccc1Cl)c1ccc(Oc2cc3c(cc2Cl)C(C(=O)[O-])CCO3)cc1.[Na+]. The molecule has 4 rings (SSSR count). The van der Waals surface area contributed by atoms with Crippen LogP contribution in [0.25, 0.3) is 0 Å². The summed E-state index contributed by atoms with van der Waals surface area (Å²) in [6.07, 6.45) is 1.21. The Bertz CT molecular complexity index is 1200. The first-order valence-corrected chi connectivity index (χ1v) is 11.5. The molecule has 35 heavy (non-hydrogen) atoms. The van der Waals surface area contributed by atoms with Gasteiger partial charge in [0.1, 0.15) is 23.0 Å². The van der Waals surface area contributed by atoms with Crippen LogP contribution >= 0.6 is 23.2 Å². The Labute approximate surface area is 235 Å². The Morgan fingerprint density at radius 1 is 1.00 bits per heavy atom. The molecule has 3 aromatic rings. The molecule has 6 nitrogen and oxygen atoms in total. The topological polar surface area (TPSA) is 84.9 Å². The minimum atomic E-state index is -1.16. The van der Waals surface area contributed by atoms with E-state index in [1.165, 1.54) is 6.07 Å². The molecular formula is C26H21Cl2NaO6. The second-order valence-corrected chi connectivity index (χ2v) is 8.58. The molecule has 1 atom stereocenters. The number of hydrogen-bond acceptors (Lipinski definition) is 6. The molecular weight excluding hydrogens is 502 g/mol. The van der Waals surface area contributed by atoms with E-state index in [-0.39, 0.29) is 47.0 Å². The molecule has 0 fully saturated rings. The van der Waals surface area contributed by atoms with Gasteiger partial charge in [-0.25, -0.2) is 0 Å². The summed E-state index contributed by atoms with van der Waals surface area (Å²) in [5.41, 5.74) is 1.03. The zero-order valence-electron chi connectivity index (χ0n) is 19.1. The monoisotopic (exact) mass is 522 g/mol. The standard InChI is InChI=1S/C26H22Cl2O6.Na/c27-20-4-1-2-6-23(20)32-12-3-5-22(29)16-7-9-17(10-8-16)34-25-15-24-19(14-21(25)28)18(26(30)31)11-13-33-24;/h1-2,4,6-10,14-15,18H,3,5,11-13H2,(H,30,31);/q;+1/p-1. The van der Waals surface area contributed by atoms with Crippen molar-refractivity contribution >= 4 is 35.0 Å². The molecule has 0 radical (unpaired) electrons. The van der Waals surface area contributed by atoms with Gasteiger partial charge in [0.25, 0.3) is 0 Å². The van der Waals surface area contributed by atoms with Crippen molar-refractivity contribution in [3.8, 4) is 23.0 Å². The van der Waals surface area contributed by atoms with Crippen LogP contribution in [0.1, 0.15) is 41.1 Å². The van der Waals surface area contributed by atoms with Gasteiger partial charge in [0.15, 0.2) is 5.78 Å². The van der Waals surface area contributed by atoms with Crippen molar-refractivity contribution in [2.75, 3.05) is 13.2 Å². The molecule has 9 heteroatoms. The summed E-state index contributed by atoms with van der Waals surface area (Å²) in [4.78, 5) is 23.9. The van der Waals surface area contributed by atoms with Crippen LogP contribution in [0.3, 0.4) is 0 Å². The van der Waals surface area contributed by atoms with Gasteiger partial charge < -0.3 is 24.1 Å². The maximum absolute atomic E-state index is 12.5. The molecule has 0 saturated heterocycles. The van der Waals surface area contributed by atoms with Crippen molar-refractivity contribution in [2.45, 2.75) is 25.2 Å². The number of para-hydroxylation sites is 1. The van der Waals surface area contributed by atoms with Crippen molar-refractivity contribution in [1.82, 2.24) is 0 Å². The third-order valence-electron chi connectivity index (χ3n) is 5.43. The predicted molar refractivity (Wildman–Crippen MR) is 126 cm³/mol. The number of carboxylic acids is 1. The molecule has 0 amide bonds. The normalized spacial score (nSPS) is 14.2. The maximum Gasteiger partial charge on any atom is 1.00 e. The smallest absolute Gasteiger partial charge is 0.549 e. The molecule has 176 valence electrons. The minimum Gasteiger partial charge on any atom is -0.549 e. The Morgan fingerprint density at radius 3 is 2.46 bits per heavy atom. The predicted octanol–water partition coefficient (Wildman–Crippen LogP) is 2.45. The van der Waals surface area contributed by atoms with Crippen molar-refractivity contribution in [3.05, 3.63) is 81.8 Å². The van der Waals surface area contributed by atoms with Crippen LogP contribution in [0, 0.1) is 0 Å². The van der Waals surface area contributed by atoms with E-state index in [0.29, 0.717) is 65.0 Å². The first kappa shape index (κ1) is 27.4. The average Bonchev–Trinajstić information content (AvgIpc) is 2.83. The fourth-order valence-electron chi connectivity index (χ4n) is 3.67. The van der Waals surface area contributed by atoms with E-state index in [0.717, 1.165) is 0 Å². The van der Waals surface area contributed by atoms with E-state index in [9.17, 15) is 14.7 Å². The van der Waals surface area contributed by atoms with Gasteiger partial charge in [-0.3, -0.25) is 4.79 Å². The number of fused-ring (bicyclic) bond motifs is 1. The largest absolute Gasteiger partial charge is 1.00 e. The van der Waals surface area contributed by atoms with Crippen LogP contribution in [-0.2, 0) is 4.79 Å². The number of ketones is 1. The summed E-state index contributed by atoms with van der Waals surface area (Å²) >= 11 is 12.4. The van der Waals surface area contributed by atoms with Gasteiger partial charge in [-0.05, 0) is 55.3 Å². The molecule has 0 spiro atoms. The van der Waals surface area contributed by atoms with Gasteiger partial charge in [0.05, 0.1) is 23.3 Å². The Morgan fingerprint density at radius 2 is 1.74 bits per heavy atom. The molecule has 3 aromatic carbocycles. The number of carboxylic acid groups (broad SMARTS) is 1. The van der Waals surface area contributed by atoms with Crippen LogP contribution in [0.5, 0.6) is 23.0 Å². The second kappa shape index (κ2) is 12.7. The fraction of sp³-hybridized carbons (Fsp3) is 0.231. The first-order valence-electron chi connectivity index (χ1n) is 10.8. The molecule has 0 aliphatic carbocycles. The number of carbonyl (C=O) groups excluding carboxylic acids is 2. The van der Waals surface area contributed by atoms with Gasteiger partial charge >= 0.3 is 29.6 Å². The third kappa shape index (κ3) is 6.93. The summed E-state index contributed by atoms with van der Waals surface area (Å²) in [5, 5.41) is 12.2. The Kier molecular flexibility index (Phi) is 9.89. The van der Waals surface area contributed by atoms with Crippen molar-refractivity contribution in [1.29, 1.82) is 0 Å². The molecule has 0 saturated carbocycles. The fourth-order valence-corrected chi connectivity index (χ4v) is 4.07. The number of hydrogen-bond donors (Lipinski definition) is 0. The molecule has 1 heterocycles. The minimum absolute atomic E-state index is 0. The van der Waals surface area contributed by atoms with Crippen molar-refractivity contribution < 1.29 is 58.5 Å². The van der Waals surface area contributed by atoms with Gasteiger partial charge in [0, 0.05) is 35.5 Å². The van der Waals surface area contributed by atoms with E-state index in [1.807, 2.05) is 12.1 Å². The number of rotatable bonds is 9. The summed E-state index contributed by atoms with van der Waals surface area (Å²) < 4.78 is 17.0. The van der Waals surface area contributed by atoms with E-state index in [2.05, 4.69) is 0 Å². The van der Waals surface area contributed by atoms with E-state index in [1.54, 1.807) is 42.5 Å². The zero-order chi connectivity index (χ0) is 24.1. The van der Waals surface area contributed by atoms with Gasteiger partial charge in [-0.1, -0.05) is 35.3 Å². The zero-order valence-corrected chi connectivity index (χ0v) is 22.6. The van der Waals surface area contributed by atoms with Crippen LogP contribution < -0.4 is 48.9 Å². The summed E-state index contributed by atoms with van der Waals surface area (Å²) in [7, 11) is 0. The summed E-state index contributed by atoms with van der Waals surface area (Å²) in [6.45, 7) is 0.654. The Balaban J connectivity index is 0.00000342. The van der Waals surface area contributed by atoms with Gasteiger partial charge in [0.2, 0.25) is 0 Å². The molecule has 0 aromatic heterocycles. The van der Waals surface area contributed by atoms with Crippen molar-refractivity contribution in [3.63, 3.8) is 0 Å². The average molecular weight is 523 g/mol. The number of carbonyl (C=O) groups is 2. The number of benzene rings is 3. The number of halogens is 2. The van der Waals surface area contributed by atoms with E-state index < -0.39 is 11.9 Å². The summed E-state index contributed by atoms with van der Waals surface area (Å²) in [6, 6.07) is 17.0. The van der Waals surface area contributed by atoms with Crippen LogP contribution in [0.2, 0.25) is 10.0 Å². The molecule has 1 aliphatic heterocycles. The number of Topliss-reactive ketones (excluding diaryl/α,β-unsaturated/α-hetero) is 1. The van der Waals surface area contributed by atoms with E-state index >= 15 is 0 Å². The summed E-state index contributed by atoms with van der Waals surface area (Å²) in [5.74, 6) is -0.128. The van der Waals surface area contributed by atoms with Crippen molar-refractivity contribution in [2.24, 2.45) is 0 Å². The van der Waals surface area contributed by atoms with Gasteiger partial charge in [-0.2, -0.15) is 0 Å². The van der Waals surface area contributed by atoms with Crippen LogP contribution in [-0.4, -0.2) is 25.0 Å². The second-order valence-electron chi connectivity index (χ2n) is 7.76. The molecule has 1 unspecified atom stereocenters. The number of aliphatic carboxylic acids is 1. The molecule has 0 N–H and O–H groups in total. The molecule has 0 bridgehead atoms. The quantitative estimate of drug-likeness (QED) is 0.244.